The quantitative estimate of drug-likeness (QED) is 0.737. The molecule has 1 fully saturated rings. The average molecular weight is 233 g/mol. The number of carbonyl (C=O) groups excluding carboxylic acids is 1. The molecule has 0 aliphatic carbocycles. The van der Waals surface area contributed by atoms with Crippen LogP contribution in [0.1, 0.15) is 36.7 Å². The summed E-state index contributed by atoms with van der Waals surface area (Å²) in [5.74, 6) is 0.380. The number of nitrogens with zero attached hydrogens (tertiary/aromatic N) is 1. The normalized spacial score (nSPS) is 32.7. The maximum atomic E-state index is 12.5. The van der Waals surface area contributed by atoms with Gasteiger partial charge in [0, 0.05) is 18.0 Å². The fourth-order valence-corrected chi connectivity index (χ4v) is 2.62. The number of rotatable bonds is 2. The van der Waals surface area contributed by atoms with Gasteiger partial charge in [-0.25, -0.2) is 0 Å². The van der Waals surface area contributed by atoms with Crippen molar-refractivity contribution in [1.29, 1.82) is 0 Å². The second kappa shape index (κ2) is 4.57. The third-order valence-electron chi connectivity index (χ3n) is 3.85. The molecule has 92 valence electrons. The van der Waals surface area contributed by atoms with Crippen LogP contribution in [-0.2, 0) is 4.74 Å². The molecule has 1 aromatic heterocycles. The zero-order valence-corrected chi connectivity index (χ0v) is 10.8. The lowest BCUT2D eigenvalue weighted by Gasteiger charge is -2.17. The third kappa shape index (κ3) is 2.12. The molecule has 1 aromatic rings. The predicted molar refractivity (Wildman–Crippen MR) is 66.0 cm³/mol. The van der Waals surface area contributed by atoms with Crippen molar-refractivity contribution in [2.24, 2.45) is 11.8 Å². The van der Waals surface area contributed by atoms with E-state index in [0.717, 1.165) is 11.1 Å². The first-order valence-electron chi connectivity index (χ1n) is 6.12. The number of hydrogen-bond donors (Lipinski definition) is 0. The van der Waals surface area contributed by atoms with E-state index in [0.29, 0.717) is 0 Å². The Bertz CT molecular complexity index is 430. The standard InChI is InChI=1S/C14H19NO2/c1-8-5-6-15-7-12(8)14(16)13-9(2)10(3)17-11(13)4/h5-7,9-11,13H,1-4H3. The Labute approximate surface area is 102 Å². The van der Waals surface area contributed by atoms with Crippen LogP contribution in [0.3, 0.4) is 0 Å². The first-order chi connectivity index (χ1) is 8.02. The highest BCUT2D eigenvalue weighted by atomic mass is 16.5. The molecule has 3 nitrogen and oxygen atoms in total. The summed E-state index contributed by atoms with van der Waals surface area (Å²) in [7, 11) is 0. The van der Waals surface area contributed by atoms with Gasteiger partial charge < -0.3 is 4.74 Å². The molecular weight excluding hydrogens is 214 g/mol. The Morgan fingerprint density at radius 2 is 2.00 bits per heavy atom. The van der Waals surface area contributed by atoms with Gasteiger partial charge in [0.25, 0.3) is 0 Å². The summed E-state index contributed by atoms with van der Waals surface area (Å²) in [6.07, 6.45) is 3.52. The van der Waals surface area contributed by atoms with Crippen molar-refractivity contribution in [3.63, 3.8) is 0 Å². The van der Waals surface area contributed by atoms with Crippen LogP contribution in [0, 0.1) is 18.8 Å². The topological polar surface area (TPSA) is 39.2 Å². The van der Waals surface area contributed by atoms with E-state index in [-0.39, 0.29) is 29.8 Å². The fraction of sp³-hybridized carbons (Fsp3) is 0.571. The van der Waals surface area contributed by atoms with E-state index in [1.165, 1.54) is 0 Å². The van der Waals surface area contributed by atoms with Crippen molar-refractivity contribution >= 4 is 5.78 Å². The Balaban J connectivity index is 2.30. The molecule has 0 amide bonds. The Hall–Kier alpha value is -1.22. The molecule has 1 aliphatic rings. The van der Waals surface area contributed by atoms with Gasteiger partial charge in [0.15, 0.2) is 5.78 Å². The SMILES string of the molecule is Cc1ccncc1C(=O)C1C(C)OC(C)C1C. The molecule has 0 saturated carbocycles. The molecule has 4 atom stereocenters. The minimum Gasteiger partial charge on any atom is -0.374 e. The van der Waals surface area contributed by atoms with E-state index in [4.69, 9.17) is 4.74 Å². The van der Waals surface area contributed by atoms with Gasteiger partial charge in [-0.2, -0.15) is 0 Å². The monoisotopic (exact) mass is 233 g/mol. The first-order valence-corrected chi connectivity index (χ1v) is 6.12. The summed E-state index contributed by atoms with van der Waals surface area (Å²) in [6, 6.07) is 1.88. The highest BCUT2D eigenvalue weighted by Gasteiger charge is 2.41. The minimum absolute atomic E-state index is 0.00731. The van der Waals surface area contributed by atoms with Crippen LogP contribution >= 0.6 is 0 Å². The molecule has 3 heteroatoms. The molecule has 2 rings (SSSR count). The Morgan fingerprint density at radius 3 is 2.53 bits per heavy atom. The maximum absolute atomic E-state index is 12.5. The second-order valence-electron chi connectivity index (χ2n) is 4.99. The van der Waals surface area contributed by atoms with E-state index in [1.54, 1.807) is 12.4 Å². The summed E-state index contributed by atoms with van der Waals surface area (Å²) in [5.41, 5.74) is 1.72. The lowest BCUT2D eigenvalue weighted by atomic mass is 9.83. The number of hydrogen-bond acceptors (Lipinski definition) is 3. The van der Waals surface area contributed by atoms with E-state index in [1.807, 2.05) is 26.8 Å². The lowest BCUT2D eigenvalue weighted by Crippen LogP contribution is -2.27. The third-order valence-corrected chi connectivity index (χ3v) is 3.85. The van der Waals surface area contributed by atoms with Gasteiger partial charge in [-0.3, -0.25) is 9.78 Å². The van der Waals surface area contributed by atoms with Crippen LogP contribution < -0.4 is 0 Å². The summed E-state index contributed by atoms with van der Waals surface area (Å²) < 4.78 is 5.73. The first kappa shape index (κ1) is 12.2. The van der Waals surface area contributed by atoms with Crippen molar-refractivity contribution in [3.05, 3.63) is 29.6 Å². The van der Waals surface area contributed by atoms with Crippen molar-refractivity contribution in [2.45, 2.75) is 39.9 Å². The Kier molecular flexibility index (Phi) is 3.29. The van der Waals surface area contributed by atoms with Gasteiger partial charge in [0.1, 0.15) is 0 Å². The van der Waals surface area contributed by atoms with Crippen LogP contribution in [0.15, 0.2) is 18.5 Å². The fourth-order valence-electron chi connectivity index (χ4n) is 2.62. The van der Waals surface area contributed by atoms with Gasteiger partial charge in [0.05, 0.1) is 18.1 Å². The van der Waals surface area contributed by atoms with Crippen LogP contribution in [0.2, 0.25) is 0 Å². The number of Topliss-reactive ketones (excluding diaryl/α,β-unsaturated/α-hetero) is 1. The zero-order valence-electron chi connectivity index (χ0n) is 10.8. The minimum atomic E-state index is -0.0482. The van der Waals surface area contributed by atoms with E-state index in [2.05, 4.69) is 11.9 Å². The number of ether oxygens (including phenoxy) is 1. The van der Waals surface area contributed by atoms with Gasteiger partial charge in [-0.05, 0) is 38.3 Å². The number of carbonyl (C=O) groups is 1. The van der Waals surface area contributed by atoms with Gasteiger partial charge in [-0.1, -0.05) is 6.92 Å². The molecule has 2 heterocycles. The number of ketones is 1. The number of pyridine rings is 1. The molecule has 1 saturated heterocycles. The van der Waals surface area contributed by atoms with E-state index >= 15 is 0 Å². The zero-order chi connectivity index (χ0) is 12.6. The molecule has 0 radical (unpaired) electrons. The van der Waals surface area contributed by atoms with E-state index in [9.17, 15) is 4.79 Å². The summed E-state index contributed by atoms with van der Waals surface area (Å²) >= 11 is 0. The van der Waals surface area contributed by atoms with Crippen LogP contribution in [0.4, 0.5) is 0 Å². The van der Waals surface area contributed by atoms with E-state index < -0.39 is 0 Å². The largest absolute Gasteiger partial charge is 0.374 e. The van der Waals surface area contributed by atoms with Gasteiger partial charge in [-0.15, -0.1) is 0 Å². The molecule has 4 unspecified atom stereocenters. The predicted octanol–water partition coefficient (Wildman–Crippen LogP) is 2.63. The molecule has 1 aliphatic heterocycles. The summed E-state index contributed by atoms with van der Waals surface area (Å²) in [6.45, 7) is 8.05. The Morgan fingerprint density at radius 1 is 1.29 bits per heavy atom. The number of aryl methyl sites for hydroxylation is 1. The molecular formula is C14H19NO2. The highest BCUT2D eigenvalue weighted by molar-refractivity contribution is 5.99. The van der Waals surface area contributed by atoms with Gasteiger partial charge in [0.2, 0.25) is 0 Å². The molecule has 0 N–H and O–H groups in total. The lowest BCUT2D eigenvalue weighted by molar-refractivity contribution is 0.0491. The summed E-state index contributed by atoms with van der Waals surface area (Å²) in [5, 5.41) is 0. The number of aromatic nitrogens is 1. The van der Waals surface area contributed by atoms with Crippen molar-refractivity contribution < 1.29 is 9.53 Å². The molecule has 0 bridgehead atoms. The molecule has 0 aromatic carbocycles. The van der Waals surface area contributed by atoms with Crippen LogP contribution in [0.25, 0.3) is 0 Å². The smallest absolute Gasteiger partial charge is 0.170 e. The second-order valence-corrected chi connectivity index (χ2v) is 4.99. The highest BCUT2D eigenvalue weighted by Crippen LogP contribution is 2.34. The molecule has 0 spiro atoms. The van der Waals surface area contributed by atoms with Crippen molar-refractivity contribution in [2.75, 3.05) is 0 Å². The summed E-state index contributed by atoms with van der Waals surface area (Å²) in [4.78, 5) is 16.6. The van der Waals surface area contributed by atoms with Crippen molar-refractivity contribution in [3.8, 4) is 0 Å². The van der Waals surface area contributed by atoms with Gasteiger partial charge >= 0.3 is 0 Å². The van der Waals surface area contributed by atoms with Crippen molar-refractivity contribution in [1.82, 2.24) is 4.98 Å². The maximum Gasteiger partial charge on any atom is 0.170 e. The van der Waals surface area contributed by atoms with Crippen LogP contribution in [0.5, 0.6) is 0 Å². The molecule has 17 heavy (non-hydrogen) atoms. The van der Waals surface area contributed by atoms with Crippen LogP contribution in [-0.4, -0.2) is 23.0 Å². The average Bonchev–Trinajstić information content (AvgIpc) is 2.53.